The van der Waals surface area contributed by atoms with Gasteiger partial charge in [0.05, 0.1) is 18.0 Å². The molecule has 1 amide bonds. The second-order valence-corrected chi connectivity index (χ2v) is 5.84. The van der Waals surface area contributed by atoms with Crippen molar-refractivity contribution in [1.82, 2.24) is 10.3 Å². The van der Waals surface area contributed by atoms with Gasteiger partial charge in [0.1, 0.15) is 10.5 Å². The van der Waals surface area contributed by atoms with Crippen molar-refractivity contribution in [2.24, 2.45) is 5.73 Å². The first-order valence-corrected chi connectivity index (χ1v) is 7.20. The lowest BCUT2D eigenvalue weighted by atomic mass is 10.1. The number of halogens is 6. The maximum atomic E-state index is 13.0. The first-order chi connectivity index (χ1) is 10.5. The van der Waals surface area contributed by atoms with Crippen LogP contribution in [0.1, 0.15) is 20.9 Å². The number of rotatable bonds is 4. The van der Waals surface area contributed by atoms with Crippen molar-refractivity contribution in [3.05, 3.63) is 28.3 Å². The monoisotopic (exact) mass is 389 g/mol. The molecule has 0 saturated carbocycles. The zero-order valence-corrected chi connectivity index (χ0v) is 13.8. The molecule has 0 atom stereocenters. The molecule has 2 rings (SSSR count). The Morgan fingerprint density at radius 3 is 2.46 bits per heavy atom. The minimum absolute atomic E-state index is 0. The summed E-state index contributed by atoms with van der Waals surface area (Å²) in [6.45, 7) is -0.351. The lowest BCUT2D eigenvalue weighted by Crippen LogP contribution is -2.41. The highest BCUT2D eigenvalue weighted by Crippen LogP contribution is 2.34. The molecule has 2 aromatic rings. The summed E-state index contributed by atoms with van der Waals surface area (Å²) < 4.78 is 64.0. The molecule has 24 heavy (non-hydrogen) atoms. The molecule has 0 aliphatic rings. The van der Waals surface area contributed by atoms with Crippen LogP contribution in [0.2, 0.25) is 0 Å². The predicted octanol–water partition coefficient (Wildman–Crippen LogP) is 3.37. The van der Waals surface area contributed by atoms with Crippen LogP contribution in [0.25, 0.3) is 10.2 Å². The number of nitrogens with two attached hydrogens (primary N) is 1. The van der Waals surface area contributed by atoms with Crippen LogP contribution >= 0.6 is 23.7 Å². The summed E-state index contributed by atoms with van der Waals surface area (Å²) in [7, 11) is 0. The Bertz CT molecular complexity index is 747. The zero-order chi connectivity index (χ0) is 17.4. The maximum absolute atomic E-state index is 13.0. The number of hydrogen-bond donors (Lipinski definition) is 2. The van der Waals surface area contributed by atoms with E-state index in [1.807, 2.05) is 5.32 Å². The van der Waals surface area contributed by atoms with Gasteiger partial charge in [-0.1, -0.05) is 0 Å². The summed E-state index contributed by atoms with van der Waals surface area (Å²) in [5.74, 6) is -4.05. The molecule has 0 aliphatic carbocycles. The fourth-order valence-corrected chi connectivity index (χ4v) is 2.93. The maximum Gasteiger partial charge on any atom is 0.433 e. The largest absolute Gasteiger partial charge is 0.433 e. The molecule has 134 valence electrons. The van der Waals surface area contributed by atoms with Gasteiger partial charge < -0.3 is 11.1 Å². The van der Waals surface area contributed by atoms with Gasteiger partial charge in [0.2, 0.25) is 0 Å². The third-order valence-electron chi connectivity index (χ3n) is 3.11. The van der Waals surface area contributed by atoms with Crippen molar-refractivity contribution in [2.75, 3.05) is 13.1 Å². The van der Waals surface area contributed by atoms with Crippen molar-refractivity contribution in [3.63, 3.8) is 0 Å². The van der Waals surface area contributed by atoms with E-state index >= 15 is 0 Å². The van der Waals surface area contributed by atoms with E-state index in [9.17, 15) is 26.7 Å². The number of amides is 1. The fourth-order valence-electron chi connectivity index (χ4n) is 1.84. The molecule has 11 heteroatoms. The van der Waals surface area contributed by atoms with E-state index in [1.165, 1.54) is 13.0 Å². The van der Waals surface area contributed by atoms with Crippen LogP contribution in [0.15, 0.2) is 12.1 Å². The van der Waals surface area contributed by atoms with Gasteiger partial charge in [-0.05, 0) is 24.6 Å². The minimum atomic E-state index is -4.60. The Balaban J connectivity index is 0.00000288. The number of hydrogen-bond acceptors (Lipinski definition) is 4. The van der Waals surface area contributed by atoms with Crippen molar-refractivity contribution in [1.29, 1.82) is 0 Å². The number of pyridine rings is 1. The van der Waals surface area contributed by atoms with Crippen LogP contribution < -0.4 is 11.1 Å². The van der Waals surface area contributed by atoms with Crippen LogP contribution in [0, 0.1) is 6.92 Å². The van der Waals surface area contributed by atoms with Crippen molar-refractivity contribution in [3.8, 4) is 0 Å². The summed E-state index contributed by atoms with van der Waals surface area (Å²) >= 11 is 0.721. The topological polar surface area (TPSA) is 68.0 Å². The lowest BCUT2D eigenvalue weighted by molar-refractivity contribution is -0.140. The van der Waals surface area contributed by atoms with Gasteiger partial charge in [0, 0.05) is 5.39 Å². The smallest absolute Gasteiger partial charge is 0.345 e. The van der Waals surface area contributed by atoms with E-state index in [-0.39, 0.29) is 22.1 Å². The highest BCUT2D eigenvalue weighted by Gasteiger charge is 2.33. The summed E-state index contributed by atoms with van der Waals surface area (Å²) in [6.07, 6.45) is -4.60. The average Bonchev–Trinajstić information content (AvgIpc) is 2.81. The quantitative estimate of drug-likeness (QED) is 0.788. The molecular formula is C13H13ClF5N3OS. The highest BCUT2D eigenvalue weighted by atomic mass is 35.5. The average molecular weight is 390 g/mol. The molecule has 0 radical (unpaired) electrons. The van der Waals surface area contributed by atoms with Gasteiger partial charge in [-0.15, -0.1) is 23.7 Å². The van der Waals surface area contributed by atoms with Gasteiger partial charge in [-0.3, -0.25) is 4.79 Å². The zero-order valence-electron chi connectivity index (χ0n) is 12.2. The lowest BCUT2D eigenvalue weighted by Gasteiger charge is -2.14. The van der Waals surface area contributed by atoms with Gasteiger partial charge >= 0.3 is 6.18 Å². The van der Waals surface area contributed by atoms with E-state index in [0.717, 1.165) is 17.4 Å². The van der Waals surface area contributed by atoms with Crippen LogP contribution in [0.4, 0.5) is 22.0 Å². The third-order valence-corrected chi connectivity index (χ3v) is 4.31. The van der Waals surface area contributed by atoms with E-state index < -0.39 is 36.8 Å². The summed E-state index contributed by atoms with van der Waals surface area (Å²) in [5, 5.41) is 2.40. The SMILES string of the molecule is Cc1c(C(=O)NCC(F)(F)CN)sc2nc(C(F)(F)F)ccc12.Cl. The first kappa shape index (κ1) is 20.5. The molecule has 3 N–H and O–H groups in total. The van der Waals surface area contributed by atoms with Crippen LogP contribution in [-0.4, -0.2) is 29.9 Å². The molecule has 0 saturated heterocycles. The summed E-state index contributed by atoms with van der Waals surface area (Å²) in [5.41, 5.74) is 4.18. The number of carbonyl (C=O) groups excluding carboxylic acids is 1. The number of aryl methyl sites for hydroxylation is 1. The molecule has 0 unspecified atom stereocenters. The van der Waals surface area contributed by atoms with E-state index in [1.54, 1.807) is 0 Å². The number of nitrogens with zero attached hydrogens (tertiary/aromatic N) is 1. The standard InChI is InChI=1S/C13H12F5N3OS.ClH/c1-6-7-2-3-8(13(16,17)18)21-11(7)23-9(6)10(22)20-5-12(14,15)4-19;/h2-3H,4-5,19H2,1H3,(H,20,22);1H. The minimum Gasteiger partial charge on any atom is -0.345 e. The van der Waals surface area contributed by atoms with Gasteiger partial charge in [0.25, 0.3) is 11.8 Å². The third kappa shape index (κ3) is 4.31. The summed E-state index contributed by atoms with van der Waals surface area (Å²) in [6, 6.07) is 2.02. The van der Waals surface area contributed by atoms with Crippen molar-refractivity contribution in [2.45, 2.75) is 19.0 Å². The Kier molecular flexibility index (Phi) is 6.12. The number of nitrogens with one attached hydrogen (secondary N) is 1. The molecule has 0 aliphatic heterocycles. The number of thiophene rings is 1. The first-order valence-electron chi connectivity index (χ1n) is 6.38. The molecule has 2 aromatic heterocycles. The van der Waals surface area contributed by atoms with E-state index in [4.69, 9.17) is 5.73 Å². The number of fused-ring (bicyclic) bond motifs is 1. The Labute approximate surface area is 143 Å². The molecule has 2 heterocycles. The Hall–Kier alpha value is -1.52. The molecular weight excluding hydrogens is 377 g/mol. The highest BCUT2D eigenvalue weighted by molar-refractivity contribution is 7.20. The van der Waals surface area contributed by atoms with Gasteiger partial charge in [-0.25, -0.2) is 13.8 Å². The predicted molar refractivity (Wildman–Crippen MR) is 82.9 cm³/mol. The number of alkyl halides is 5. The molecule has 0 aromatic carbocycles. The van der Waals surface area contributed by atoms with E-state index in [0.29, 0.717) is 10.9 Å². The number of aromatic nitrogens is 1. The Morgan fingerprint density at radius 2 is 1.92 bits per heavy atom. The normalized spacial score (nSPS) is 12.1. The molecule has 4 nitrogen and oxygen atoms in total. The molecule has 0 fully saturated rings. The fraction of sp³-hybridized carbons (Fsp3) is 0.385. The number of carbonyl (C=O) groups is 1. The van der Waals surface area contributed by atoms with E-state index in [2.05, 4.69) is 4.98 Å². The van der Waals surface area contributed by atoms with Crippen molar-refractivity contribution < 1.29 is 26.7 Å². The van der Waals surface area contributed by atoms with Crippen LogP contribution in [-0.2, 0) is 6.18 Å². The summed E-state index contributed by atoms with van der Waals surface area (Å²) in [4.78, 5) is 15.5. The van der Waals surface area contributed by atoms with Gasteiger partial charge in [-0.2, -0.15) is 13.2 Å². The van der Waals surface area contributed by atoms with Crippen LogP contribution in [0.3, 0.4) is 0 Å². The Morgan fingerprint density at radius 1 is 1.29 bits per heavy atom. The molecule has 0 spiro atoms. The van der Waals surface area contributed by atoms with Crippen LogP contribution in [0.5, 0.6) is 0 Å². The molecule has 0 bridgehead atoms. The second kappa shape index (κ2) is 7.16. The van der Waals surface area contributed by atoms with Gasteiger partial charge in [0.15, 0.2) is 0 Å². The second-order valence-electron chi connectivity index (χ2n) is 4.85. The van der Waals surface area contributed by atoms with Crippen molar-refractivity contribution >= 4 is 39.9 Å².